The van der Waals surface area contributed by atoms with Crippen molar-refractivity contribution < 1.29 is 14.7 Å². The number of aliphatic hydroxyl groups excluding tert-OH is 1. The number of nitrogens with one attached hydrogen (secondary N) is 1. The van der Waals surface area contributed by atoms with Gasteiger partial charge in [0.1, 0.15) is 25.0 Å². The van der Waals surface area contributed by atoms with Crippen LogP contribution in [0.3, 0.4) is 0 Å². The van der Waals surface area contributed by atoms with Gasteiger partial charge in [-0.2, -0.15) is 0 Å². The Balaban J connectivity index is 2.40. The third-order valence-electron chi connectivity index (χ3n) is 1.91. The fraction of sp³-hybridized carbons (Fsp3) is 0.455. The molecule has 4 heteroatoms. The first-order chi connectivity index (χ1) is 7.09. The summed E-state index contributed by atoms with van der Waals surface area (Å²) in [6.45, 7) is 1.01. The number of halogens is 1. The highest BCUT2D eigenvalue weighted by molar-refractivity contribution is 9.10. The minimum atomic E-state index is -0.429. The molecule has 1 aromatic carbocycles. The zero-order chi connectivity index (χ0) is 11.3. The maximum Gasteiger partial charge on any atom is 0.137 e. The number of rotatable bonds is 5. The zero-order valence-electron chi connectivity index (χ0n) is 9.03. The lowest BCUT2D eigenvalue weighted by Gasteiger charge is -2.15. The molecule has 0 aliphatic carbocycles. The fourth-order valence-corrected chi connectivity index (χ4v) is 1.68. The molecule has 1 atom stereocenters. The van der Waals surface area contributed by atoms with Crippen LogP contribution in [0.15, 0.2) is 28.7 Å². The molecule has 0 saturated heterocycles. The molecular weight excluding hydrogens is 258 g/mol. The van der Waals surface area contributed by atoms with E-state index >= 15 is 0 Å². The molecule has 15 heavy (non-hydrogen) atoms. The Morgan fingerprint density at radius 2 is 2.07 bits per heavy atom. The average molecular weight is 275 g/mol. The van der Waals surface area contributed by atoms with E-state index in [1.54, 1.807) is 0 Å². The number of quaternary nitrogens is 1. The van der Waals surface area contributed by atoms with E-state index < -0.39 is 6.10 Å². The van der Waals surface area contributed by atoms with Crippen molar-refractivity contribution >= 4 is 15.9 Å². The second kappa shape index (κ2) is 6.10. The summed E-state index contributed by atoms with van der Waals surface area (Å²) >= 11 is 3.39. The van der Waals surface area contributed by atoms with Crippen molar-refractivity contribution in [1.29, 1.82) is 0 Å². The van der Waals surface area contributed by atoms with Gasteiger partial charge in [-0.25, -0.2) is 0 Å². The van der Waals surface area contributed by atoms with Gasteiger partial charge in [0.25, 0.3) is 0 Å². The van der Waals surface area contributed by atoms with Crippen molar-refractivity contribution in [3.05, 3.63) is 28.7 Å². The van der Waals surface area contributed by atoms with Gasteiger partial charge in [-0.1, -0.05) is 12.1 Å². The monoisotopic (exact) mass is 274 g/mol. The van der Waals surface area contributed by atoms with E-state index in [0.717, 1.165) is 10.2 Å². The number of ether oxygens (including phenoxy) is 1. The number of hydrogen-bond acceptors (Lipinski definition) is 2. The number of benzene rings is 1. The van der Waals surface area contributed by atoms with E-state index in [-0.39, 0.29) is 0 Å². The molecule has 0 aliphatic rings. The summed E-state index contributed by atoms with van der Waals surface area (Å²) in [5, 5.41) is 9.61. The molecule has 0 bridgehead atoms. The van der Waals surface area contributed by atoms with Gasteiger partial charge in [-0.3, -0.25) is 0 Å². The first-order valence-corrected chi connectivity index (χ1v) is 5.73. The van der Waals surface area contributed by atoms with E-state index in [0.29, 0.717) is 13.2 Å². The largest absolute Gasteiger partial charge is 0.489 e. The molecule has 3 nitrogen and oxygen atoms in total. The van der Waals surface area contributed by atoms with E-state index in [9.17, 15) is 5.11 Å². The molecule has 1 rings (SSSR count). The molecule has 0 saturated carbocycles. The van der Waals surface area contributed by atoms with E-state index in [1.165, 1.54) is 4.90 Å². The van der Waals surface area contributed by atoms with Crippen molar-refractivity contribution in [3.8, 4) is 5.75 Å². The molecular formula is C11H17BrNO2+. The molecule has 2 N–H and O–H groups in total. The van der Waals surface area contributed by atoms with Crippen molar-refractivity contribution in [2.45, 2.75) is 6.10 Å². The predicted octanol–water partition coefficient (Wildman–Crippen LogP) is 0.333. The lowest BCUT2D eigenvalue weighted by atomic mass is 10.3. The molecule has 0 amide bonds. The van der Waals surface area contributed by atoms with Crippen LogP contribution >= 0.6 is 15.9 Å². The van der Waals surface area contributed by atoms with Crippen LogP contribution in [0.25, 0.3) is 0 Å². The third kappa shape index (κ3) is 4.64. The fourth-order valence-electron chi connectivity index (χ4n) is 1.28. The predicted molar refractivity (Wildman–Crippen MR) is 63.3 cm³/mol. The van der Waals surface area contributed by atoms with Crippen LogP contribution in [-0.4, -0.2) is 38.5 Å². The lowest BCUT2D eigenvalue weighted by molar-refractivity contribution is -0.861. The maximum atomic E-state index is 9.61. The Morgan fingerprint density at radius 1 is 1.40 bits per heavy atom. The van der Waals surface area contributed by atoms with Crippen LogP contribution in [0.2, 0.25) is 0 Å². The second-order valence-corrected chi connectivity index (χ2v) is 4.66. The molecule has 0 aromatic heterocycles. The first kappa shape index (κ1) is 12.5. The molecule has 1 aromatic rings. The maximum absolute atomic E-state index is 9.61. The molecule has 0 fully saturated rings. The van der Waals surface area contributed by atoms with Crippen molar-refractivity contribution in [1.82, 2.24) is 0 Å². The standard InChI is InChI=1S/C11H16BrNO2/c1-13(2)7-9(14)8-15-11-6-4-3-5-10(11)12/h3-6,9,14H,7-8H2,1-2H3/p+1/t9-/m0/s1. The summed E-state index contributed by atoms with van der Waals surface area (Å²) in [6, 6.07) is 7.62. The van der Waals surface area contributed by atoms with Crippen LogP contribution in [0.1, 0.15) is 0 Å². The highest BCUT2D eigenvalue weighted by atomic mass is 79.9. The minimum Gasteiger partial charge on any atom is -0.489 e. The van der Waals surface area contributed by atoms with Gasteiger partial charge >= 0.3 is 0 Å². The summed E-state index contributed by atoms with van der Waals surface area (Å²) in [6.07, 6.45) is -0.429. The Hall–Kier alpha value is -0.580. The van der Waals surface area contributed by atoms with Crippen LogP contribution in [0.4, 0.5) is 0 Å². The van der Waals surface area contributed by atoms with Crippen molar-refractivity contribution in [2.24, 2.45) is 0 Å². The summed E-state index contributed by atoms with van der Waals surface area (Å²) in [4.78, 5) is 1.21. The van der Waals surface area contributed by atoms with Crippen LogP contribution in [0, 0.1) is 0 Å². The van der Waals surface area contributed by atoms with E-state index in [1.807, 2.05) is 38.4 Å². The van der Waals surface area contributed by atoms with Gasteiger partial charge in [0.2, 0.25) is 0 Å². The third-order valence-corrected chi connectivity index (χ3v) is 2.57. The molecule has 0 unspecified atom stereocenters. The summed E-state index contributed by atoms with van der Waals surface area (Å²) in [5.74, 6) is 0.769. The van der Waals surface area contributed by atoms with E-state index in [2.05, 4.69) is 15.9 Å². The SMILES string of the molecule is C[NH+](C)C[C@H](O)COc1ccccc1Br. The highest BCUT2D eigenvalue weighted by Gasteiger charge is 2.09. The lowest BCUT2D eigenvalue weighted by Crippen LogP contribution is -3.07. The van der Waals surface area contributed by atoms with Crippen molar-refractivity contribution in [2.75, 3.05) is 27.2 Å². The topological polar surface area (TPSA) is 33.9 Å². The van der Waals surface area contributed by atoms with Gasteiger partial charge in [-0.05, 0) is 28.1 Å². The van der Waals surface area contributed by atoms with E-state index in [4.69, 9.17) is 4.74 Å². The summed E-state index contributed by atoms with van der Waals surface area (Å²) < 4.78 is 6.40. The van der Waals surface area contributed by atoms with Gasteiger partial charge in [0, 0.05) is 0 Å². The Bertz CT molecular complexity index is 304. The minimum absolute atomic E-state index is 0.327. The number of hydrogen-bond donors (Lipinski definition) is 2. The smallest absolute Gasteiger partial charge is 0.137 e. The van der Waals surface area contributed by atoms with Gasteiger partial charge in [0.05, 0.1) is 18.6 Å². The first-order valence-electron chi connectivity index (χ1n) is 4.94. The molecule has 0 aliphatic heterocycles. The van der Waals surface area contributed by atoms with Gasteiger partial charge < -0.3 is 14.7 Å². The Morgan fingerprint density at radius 3 is 2.67 bits per heavy atom. The van der Waals surface area contributed by atoms with Gasteiger partial charge in [-0.15, -0.1) is 0 Å². The average Bonchev–Trinajstić information content (AvgIpc) is 2.15. The highest BCUT2D eigenvalue weighted by Crippen LogP contribution is 2.23. The summed E-state index contributed by atoms with van der Waals surface area (Å²) in [5.41, 5.74) is 0. The Kier molecular flexibility index (Phi) is 5.08. The normalized spacial score (nSPS) is 12.9. The Labute approximate surface area is 98.8 Å². The van der Waals surface area contributed by atoms with Crippen molar-refractivity contribution in [3.63, 3.8) is 0 Å². The number of aliphatic hydroxyl groups is 1. The van der Waals surface area contributed by atoms with Gasteiger partial charge in [0.15, 0.2) is 0 Å². The number of para-hydroxylation sites is 1. The quantitative estimate of drug-likeness (QED) is 0.812. The molecule has 0 spiro atoms. The second-order valence-electron chi connectivity index (χ2n) is 3.81. The zero-order valence-corrected chi connectivity index (χ0v) is 10.6. The molecule has 0 radical (unpaired) electrons. The molecule has 0 heterocycles. The van der Waals surface area contributed by atoms with Crippen LogP contribution in [0.5, 0.6) is 5.75 Å². The van der Waals surface area contributed by atoms with Crippen LogP contribution in [-0.2, 0) is 0 Å². The number of likely N-dealkylation sites (N-methyl/N-ethyl adjacent to an activating group) is 1. The van der Waals surface area contributed by atoms with Crippen LogP contribution < -0.4 is 9.64 Å². The molecule has 84 valence electrons. The summed E-state index contributed by atoms with van der Waals surface area (Å²) in [7, 11) is 4.00.